The zero-order valence-electron chi connectivity index (χ0n) is 15.9. The Morgan fingerprint density at radius 2 is 1.81 bits per heavy atom. The predicted octanol–water partition coefficient (Wildman–Crippen LogP) is 3.95. The number of hydrogen-bond acceptors (Lipinski definition) is 3. The molecule has 0 amide bonds. The fourth-order valence-corrected chi connectivity index (χ4v) is 2.66. The number of rotatable bonds is 7. The van der Waals surface area contributed by atoms with Crippen LogP contribution in [0.15, 0.2) is 70.3 Å². The minimum atomic E-state index is 0.651. The van der Waals surface area contributed by atoms with Crippen molar-refractivity contribution in [2.24, 2.45) is 4.99 Å². The SMILES string of the molecule is CCNC(=NCc1ccccc1)NCCc1coc(-c2ccc(C)cc2)n1. The van der Waals surface area contributed by atoms with Crippen LogP contribution in [0.5, 0.6) is 0 Å². The molecule has 0 fully saturated rings. The van der Waals surface area contributed by atoms with Crippen LogP contribution in [0, 0.1) is 6.92 Å². The van der Waals surface area contributed by atoms with Crippen LogP contribution in [-0.2, 0) is 13.0 Å². The summed E-state index contributed by atoms with van der Waals surface area (Å²) in [5.74, 6) is 1.47. The smallest absolute Gasteiger partial charge is 0.226 e. The Morgan fingerprint density at radius 1 is 1.04 bits per heavy atom. The minimum absolute atomic E-state index is 0.651. The lowest BCUT2D eigenvalue weighted by Crippen LogP contribution is -2.38. The third-order valence-corrected chi connectivity index (χ3v) is 4.13. The van der Waals surface area contributed by atoms with Gasteiger partial charge in [0.15, 0.2) is 5.96 Å². The largest absolute Gasteiger partial charge is 0.444 e. The molecule has 3 rings (SSSR count). The molecular formula is C22H26N4O. The summed E-state index contributed by atoms with van der Waals surface area (Å²) < 4.78 is 5.62. The van der Waals surface area contributed by atoms with Gasteiger partial charge in [-0.05, 0) is 31.5 Å². The molecule has 140 valence electrons. The van der Waals surface area contributed by atoms with E-state index in [9.17, 15) is 0 Å². The lowest BCUT2D eigenvalue weighted by molar-refractivity contribution is 0.572. The summed E-state index contributed by atoms with van der Waals surface area (Å²) >= 11 is 0. The average Bonchev–Trinajstić information content (AvgIpc) is 3.16. The first kappa shape index (κ1) is 18.7. The second-order valence-electron chi connectivity index (χ2n) is 6.37. The van der Waals surface area contributed by atoms with Gasteiger partial charge in [0.25, 0.3) is 0 Å². The molecule has 1 aromatic heterocycles. The molecule has 5 nitrogen and oxygen atoms in total. The predicted molar refractivity (Wildman–Crippen MR) is 110 cm³/mol. The number of aromatic nitrogens is 1. The number of aryl methyl sites for hydroxylation is 1. The normalized spacial score (nSPS) is 11.4. The van der Waals surface area contributed by atoms with Crippen LogP contribution >= 0.6 is 0 Å². The second-order valence-corrected chi connectivity index (χ2v) is 6.37. The van der Waals surface area contributed by atoms with Crippen molar-refractivity contribution in [3.8, 4) is 11.5 Å². The third-order valence-electron chi connectivity index (χ3n) is 4.13. The number of benzene rings is 2. The Bertz CT molecular complexity index is 854. The quantitative estimate of drug-likeness (QED) is 0.493. The van der Waals surface area contributed by atoms with E-state index < -0.39 is 0 Å². The Kier molecular flexibility index (Phi) is 6.63. The lowest BCUT2D eigenvalue weighted by Gasteiger charge is -2.10. The highest BCUT2D eigenvalue weighted by atomic mass is 16.3. The number of guanidine groups is 1. The summed E-state index contributed by atoms with van der Waals surface area (Å²) in [4.78, 5) is 9.21. The molecule has 0 aliphatic heterocycles. The van der Waals surface area contributed by atoms with Crippen LogP contribution in [-0.4, -0.2) is 24.0 Å². The van der Waals surface area contributed by atoms with Crippen LogP contribution in [0.4, 0.5) is 0 Å². The standard InChI is InChI=1S/C22H26N4O/c1-3-23-22(25-15-18-7-5-4-6-8-18)24-14-13-20-16-27-21(26-20)19-11-9-17(2)10-12-19/h4-12,16H,3,13-15H2,1-2H3,(H2,23,24,25). The number of oxazole rings is 1. The zero-order chi connectivity index (χ0) is 18.9. The van der Waals surface area contributed by atoms with Crippen molar-refractivity contribution in [3.63, 3.8) is 0 Å². The maximum absolute atomic E-state index is 5.62. The molecule has 1 heterocycles. The monoisotopic (exact) mass is 362 g/mol. The van der Waals surface area contributed by atoms with Gasteiger partial charge in [0.05, 0.1) is 12.2 Å². The van der Waals surface area contributed by atoms with Gasteiger partial charge in [-0.2, -0.15) is 0 Å². The summed E-state index contributed by atoms with van der Waals surface area (Å²) in [5, 5.41) is 6.62. The molecule has 3 aromatic rings. The Morgan fingerprint density at radius 3 is 2.56 bits per heavy atom. The Balaban J connectivity index is 1.53. The van der Waals surface area contributed by atoms with Crippen molar-refractivity contribution in [2.75, 3.05) is 13.1 Å². The van der Waals surface area contributed by atoms with E-state index in [-0.39, 0.29) is 0 Å². The van der Waals surface area contributed by atoms with Gasteiger partial charge >= 0.3 is 0 Å². The van der Waals surface area contributed by atoms with E-state index in [1.54, 1.807) is 6.26 Å². The maximum Gasteiger partial charge on any atom is 0.226 e. The van der Waals surface area contributed by atoms with Crippen LogP contribution in [0.2, 0.25) is 0 Å². The highest BCUT2D eigenvalue weighted by Crippen LogP contribution is 2.19. The van der Waals surface area contributed by atoms with Crippen molar-refractivity contribution in [2.45, 2.75) is 26.8 Å². The molecule has 0 bridgehead atoms. The van der Waals surface area contributed by atoms with Crippen LogP contribution in [0.3, 0.4) is 0 Å². The molecule has 0 saturated heterocycles. The van der Waals surface area contributed by atoms with Crippen molar-refractivity contribution >= 4 is 5.96 Å². The fraction of sp³-hybridized carbons (Fsp3) is 0.273. The zero-order valence-corrected chi connectivity index (χ0v) is 15.9. The molecule has 27 heavy (non-hydrogen) atoms. The van der Waals surface area contributed by atoms with Crippen molar-refractivity contribution in [1.82, 2.24) is 15.6 Å². The van der Waals surface area contributed by atoms with E-state index in [1.165, 1.54) is 11.1 Å². The van der Waals surface area contributed by atoms with Crippen molar-refractivity contribution in [3.05, 3.63) is 77.7 Å². The molecule has 0 unspecified atom stereocenters. The highest BCUT2D eigenvalue weighted by Gasteiger charge is 2.07. The maximum atomic E-state index is 5.62. The average molecular weight is 362 g/mol. The van der Waals surface area contributed by atoms with E-state index in [4.69, 9.17) is 4.42 Å². The van der Waals surface area contributed by atoms with Crippen molar-refractivity contribution in [1.29, 1.82) is 0 Å². The second kappa shape index (κ2) is 9.57. The third kappa shape index (κ3) is 5.71. The van der Waals surface area contributed by atoms with Gasteiger partial charge < -0.3 is 15.1 Å². The number of nitrogens with zero attached hydrogens (tertiary/aromatic N) is 2. The van der Waals surface area contributed by atoms with Crippen LogP contribution in [0.25, 0.3) is 11.5 Å². The van der Waals surface area contributed by atoms with E-state index in [2.05, 4.69) is 58.7 Å². The highest BCUT2D eigenvalue weighted by molar-refractivity contribution is 5.79. The summed E-state index contributed by atoms with van der Waals surface area (Å²) in [6.45, 7) is 6.34. The van der Waals surface area contributed by atoms with Gasteiger partial charge in [-0.3, -0.25) is 0 Å². The van der Waals surface area contributed by atoms with E-state index in [1.807, 2.05) is 30.3 Å². The van der Waals surface area contributed by atoms with E-state index in [0.29, 0.717) is 12.4 Å². The van der Waals surface area contributed by atoms with E-state index >= 15 is 0 Å². The molecular weight excluding hydrogens is 336 g/mol. The summed E-state index contributed by atoms with van der Waals surface area (Å²) in [5.41, 5.74) is 4.34. The van der Waals surface area contributed by atoms with Gasteiger partial charge in [0.2, 0.25) is 5.89 Å². The molecule has 0 aliphatic carbocycles. The molecule has 0 spiro atoms. The molecule has 0 saturated carbocycles. The van der Waals surface area contributed by atoms with Crippen LogP contribution < -0.4 is 10.6 Å². The van der Waals surface area contributed by atoms with Crippen molar-refractivity contribution < 1.29 is 4.42 Å². The van der Waals surface area contributed by atoms with Gasteiger partial charge in [0, 0.05) is 25.1 Å². The summed E-state index contributed by atoms with van der Waals surface area (Å²) in [7, 11) is 0. The molecule has 5 heteroatoms. The molecule has 2 N–H and O–H groups in total. The van der Waals surface area contributed by atoms with Crippen LogP contribution in [0.1, 0.15) is 23.7 Å². The topological polar surface area (TPSA) is 62.5 Å². The Hall–Kier alpha value is -3.08. The van der Waals surface area contributed by atoms with Gasteiger partial charge in [0.1, 0.15) is 6.26 Å². The Labute approximate surface area is 160 Å². The van der Waals surface area contributed by atoms with Gasteiger partial charge in [-0.25, -0.2) is 9.98 Å². The first-order valence-corrected chi connectivity index (χ1v) is 9.32. The number of aliphatic imine (C=N–C) groups is 1. The fourth-order valence-electron chi connectivity index (χ4n) is 2.66. The molecule has 2 aromatic carbocycles. The summed E-state index contributed by atoms with van der Waals surface area (Å²) in [6, 6.07) is 18.4. The molecule has 0 atom stereocenters. The number of hydrogen-bond donors (Lipinski definition) is 2. The summed E-state index contributed by atoms with van der Waals surface area (Å²) in [6.07, 6.45) is 2.50. The molecule has 0 radical (unpaired) electrons. The van der Waals surface area contributed by atoms with Gasteiger partial charge in [-0.15, -0.1) is 0 Å². The van der Waals surface area contributed by atoms with Gasteiger partial charge in [-0.1, -0.05) is 48.0 Å². The molecule has 0 aliphatic rings. The minimum Gasteiger partial charge on any atom is -0.444 e. The number of nitrogens with one attached hydrogen (secondary N) is 2. The lowest BCUT2D eigenvalue weighted by atomic mass is 10.1. The first-order chi connectivity index (χ1) is 13.2. The van der Waals surface area contributed by atoms with E-state index in [0.717, 1.165) is 36.7 Å². The first-order valence-electron chi connectivity index (χ1n) is 9.32.